The van der Waals surface area contributed by atoms with E-state index in [1.54, 1.807) is 0 Å². The smallest absolute Gasteiger partial charge is 0.224 e. The van der Waals surface area contributed by atoms with E-state index in [1.165, 1.54) is 6.07 Å². The lowest BCUT2D eigenvalue weighted by Crippen LogP contribution is -2.55. The van der Waals surface area contributed by atoms with Gasteiger partial charge in [0.05, 0.1) is 18.8 Å². The Kier molecular flexibility index (Phi) is 5.10. The number of hydrogen-bond donors (Lipinski definition) is 2. The molecule has 0 aromatic heterocycles. The minimum absolute atomic E-state index is 0.157. The Morgan fingerprint density at radius 1 is 1.25 bits per heavy atom. The van der Waals surface area contributed by atoms with E-state index in [2.05, 4.69) is 5.32 Å². The molecule has 0 bridgehead atoms. The minimum atomic E-state index is -0.994. The van der Waals surface area contributed by atoms with E-state index < -0.39 is 35.9 Å². The van der Waals surface area contributed by atoms with Crippen molar-refractivity contribution in [3.05, 3.63) is 35.4 Å². The van der Waals surface area contributed by atoms with Crippen molar-refractivity contribution >= 4 is 5.91 Å². The van der Waals surface area contributed by atoms with E-state index in [9.17, 15) is 18.0 Å². The van der Waals surface area contributed by atoms with Crippen LogP contribution in [0.2, 0.25) is 0 Å². The van der Waals surface area contributed by atoms with Crippen LogP contribution in [0, 0.1) is 23.5 Å². The van der Waals surface area contributed by atoms with Crippen LogP contribution >= 0.6 is 0 Å². The first-order valence-corrected chi connectivity index (χ1v) is 8.22. The van der Waals surface area contributed by atoms with Gasteiger partial charge in [-0.25, -0.2) is 13.2 Å². The summed E-state index contributed by atoms with van der Waals surface area (Å²) < 4.78 is 46.3. The van der Waals surface area contributed by atoms with Crippen LogP contribution in [0.4, 0.5) is 13.2 Å². The normalized spacial score (nSPS) is 33.0. The van der Waals surface area contributed by atoms with E-state index in [-0.39, 0.29) is 24.9 Å². The molecule has 1 aromatic carbocycles. The van der Waals surface area contributed by atoms with Crippen LogP contribution in [0.5, 0.6) is 0 Å². The molecule has 2 fully saturated rings. The van der Waals surface area contributed by atoms with Gasteiger partial charge in [0.1, 0.15) is 6.17 Å². The van der Waals surface area contributed by atoms with Crippen molar-refractivity contribution in [1.29, 1.82) is 0 Å². The molecule has 132 valence electrons. The van der Waals surface area contributed by atoms with Crippen LogP contribution in [0.3, 0.4) is 0 Å². The molecule has 7 heteroatoms. The van der Waals surface area contributed by atoms with E-state index in [4.69, 9.17) is 10.5 Å². The number of piperidine rings is 1. The fourth-order valence-electron chi connectivity index (χ4n) is 3.83. The first-order chi connectivity index (χ1) is 11.5. The number of halogens is 3. The highest BCUT2D eigenvalue weighted by Gasteiger charge is 2.48. The lowest BCUT2D eigenvalue weighted by Gasteiger charge is -2.45. The van der Waals surface area contributed by atoms with Gasteiger partial charge < -0.3 is 15.8 Å². The van der Waals surface area contributed by atoms with Crippen LogP contribution in [0.15, 0.2) is 18.2 Å². The number of nitrogens with one attached hydrogen (secondary N) is 1. The summed E-state index contributed by atoms with van der Waals surface area (Å²) in [5.41, 5.74) is 5.94. The molecule has 0 spiro atoms. The van der Waals surface area contributed by atoms with Crippen molar-refractivity contribution in [3.8, 4) is 0 Å². The van der Waals surface area contributed by atoms with Gasteiger partial charge in [-0.05, 0) is 42.9 Å². The Morgan fingerprint density at radius 3 is 2.75 bits per heavy atom. The average molecular weight is 342 g/mol. The van der Waals surface area contributed by atoms with E-state index >= 15 is 0 Å². The maximum atomic E-state index is 13.7. The van der Waals surface area contributed by atoms with Gasteiger partial charge in [0.15, 0.2) is 11.6 Å². The maximum Gasteiger partial charge on any atom is 0.224 e. The molecule has 5 atom stereocenters. The Balaban J connectivity index is 1.91. The predicted octanol–water partition coefficient (Wildman–Crippen LogP) is 2.23. The number of hydrogen-bond acceptors (Lipinski definition) is 3. The first kappa shape index (κ1) is 17.2. The summed E-state index contributed by atoms with van der Waals surface area (Å²) in [6.45, 7) is 0.584. The van der Waals surface area contributed by atoms with Gasteiger partial charge in [0.2, 0.25) is 5.91 Å². The number of ether oxygens (including phenoxy) is 1. The molecule has 5 unspecified atom stereocenters. The second-order valence-corrected chi connectivity index (χ2v) is 6.46. The summed E-state index contributed by atoms with van der Waals surface area (Å²) in [6, 6.07) is 2.93. The predicted molar refractivity (Wildman–Crippen MR) is 81.8 cm³/mol. The third-order valence-corrected chi connectivity index (χ3v) is 4.96. The summed E-state index contributed by atoms with van der Waals surface area (Å²) in [5, 5.41) is 2.80. The zero-order chi connectivity index (χ0) is 17.3. The molecular formula is C17H21F3N2O2. The Bertz CT molecular complexity index is 613. The molecular weight excluding hydrogens is 321 g/mol. The molecule has 1 aliphatic carbocycles. The zero-order valence-electron chi connectivity index (χ0n) is 13.2. The molecule has 0 radical (unpaired) electrons. The Hall–Kier alpha value is -1.60. The van der Waals surface area contributed by atoms with Crippen molar-refractivity contribution in [2.24, 2.45) is 17.6 Å². The van der Waals surface area contributed by atoms with E-state index in [1.807, 2.05) is 0 Å². The highest BCUT2D eigenvalue weighted by molar-refractivity contribution is 5.81. The monoisotopic (exact) mass is 342 g/mol. The van der Waals surface area contributed by atoms with Gasteiger partial charge in [-0.3, -0.25) is 4.79 Å². The highest BCUT2D eigenvalue weighted by Crippen LogP contribution is 2.42. The molecule has 1 amide bonds. The first-order valence-electron chi connectivity index (χ1n) is 8.22. The summed E-state index contributed by atoms with van der Waals surface area (Å²) in [7, 11) is 0. The SMILES string of the molecule is NCCOC1C(c2ccc(F)c(F)c2)NC(=O)C2CC(F)CCC21. The topological polar surface area (TPSA) is 64.3 Å². The number of carbonyl (C=O) groups is 1. The van der Waals surface area contributed by atoms with E-state index in [0.717, 1.165) is 12.1 Å². The van der Waals surface area contributed by atoms with Crippen LogP contribution in [0.1, 0.15) is 30.9 Å². The van der Waals surface area contributed by atoms with Gasteiger partial charge in [0, 0.05) is 12.5 Å². The third kappa shape index (κ3) is 3.28. The van der Waals surface area contributed by atoms with Crippen molar-refractivity contribution in [2.75, 3.05) is 13.2 Å². The Morgan fingerprint density at radius 2 is 2.04 bits per heavy atom. The van der Waals surface area contributed by atoms with Gasteiger partial charge in [-0.2, -0.15) is 0 Å². The largest absolute Gasteiger partial charge is 0.374 e. The number of alkyl halides is 1. The summed E-state index contributed by atoms with van der Waals surface area (Å²) in [6.07, 6.45) is -0.361. The van der Waals surface area contributed by atoms with E-state index in [0.29, 0.717) is 24.9 Å². The maximum absolute atomic E-state index is 13.7. The molecule has 1 aliphatic heterocycles. The summed E-state index contributed by atoms with van der Waals surface area (Å²) >= 11 is 0. The quantitative estimate of drug-likeness (QED) is 0.882. The van der Waals surface area contributed by atoms with Crippen molar-refractivity contribution in [1.82, 2.24) is 5.32 Å². The lowest BCUT2D eigenvalue weighted by atomic mass is 9.70. The molecule has 1 aromatic rings. The number of carbonyl (C=O) groups excluding carboxylic acids is 1. The molecule has 1 saturated heterocycles. The number of rotatable bonds is 4. The van der Waals surface area contributed by atoms with Crippen LogP contribution in [-0.4, -0.2) is 31.3 Å². The van der Waals surface area contributed by atoms with Gasteiger partial charge in [-0.1, -0.05) is 6.07 Å². The van der Waals surface area contributed by atoms with Gasteiger partial charge in [0.25, 0.3) is 0 Å². The van der Waals surface area contributed by atoms with Crippen molar-refractivity contribution < 1.29 is 22.7 Å². The second kappa shape index (κ2) is 7.11. The van der Waals surface area contributed by atoms with Crippen LogP contribution in [0.25, 0.3) is 0 Å². The van der Waals surface area contributed by atoms with Gasteiger partial charge >= 0.3 is 0 Å². The number of nitrogens with two attached hydrogens (primary N) is 1. The standard InChI is InChI=1S/C17H21F3N2O2/c18-10-2-3-11-12(8-10)17(23)22-15(16(11)24-6-5-21)9-1-4-13(19)14(20)7-9/h1,4,7,10-12,15-16H,2-3,5-6,8,21H2,(H,22,23). The fraction of sp³-hybridized carbons (Fsp3) is 0.588. The molecule has 1 saturated carbocycles. The highest BCUT2D eigenvalue weighted by atomic mass is 19.2. The minimum Gasteiger partial charge on any atom is -0.374 e. The van der Waals surface area contributed by atoms with Crippen molar-refractivity contribution in [3.63, 3.8) is 0 Å². The third-order valence-electron chi connectivity index (χ3n) is 4.96. The average Bonchev–Trinajstić information content (AvgIpc) is 2.56. The molecule has 2 aliphatic rings. The molecule has 24 heavy (non-hydrogen) atoms. The molecule has 3 rings (SSSR count). The fourth-order valence-corrected chi connectivity index (χ4v) is 3.83. The second-order valence-electron chi connectivity index (χ2n) is 6.46. The summed E-state index contributed by atoms with van der Waals surface area (Å²) in [4.78, 5) is 12.4. The van der Waals surface area contributed by atoms with Crippen LogP contribution < -0.4 is 11.1 Å². The van der Waals surface area contributed by atoms with Gasteiger partial charge in [-0.15, -0.1) is 0 Å². The Labute approximate surface area is 138 Å². The number of benzene rings is 1. The van der Waals surface area contributed by atoms with Crippen molar-refractivity contribution in [2.45, 2.75) is 37.6 Å². The molecule has 4 nitrogen and oxygen atoms in total. The lowest BCUT2D eigenvalue weighted by molar-refractivity contribution is -0.144. The number of fused-ring (bicyclic) bond motifs is 1. The zero-order valence-corrected chi connectivity index (χ0v) is 13.2. The van der Waals surface area contributed by atoms with Crippen LogP contribution in [-0.2, 0) is 9.53 Å². The summed E-state index contributed by atoms with van der Waals surface area (Å²) in [5.74, 6) is -2.80. The molecule has 1 heterocycles. The molecule has 3 N–H and O–H groups in total. The number of amides is 1.